The van der Waals surface area contributed by atoms with Gasteiger partial charge in [-0.3, -0.25) is 4.90 Å². The number of nitrogens with one attached hydrogen (secondary N) is 1. The lowest BCUT2D eigenvalue weighted by atomic mass is 9.99. The molecule has 0 spiro atoms. The minimum atomic E-state index is 0.715. The molecule has 3 rings (SSSR count). The quantitative estimate of drug-likeness (QED) is 0.857. The molecule has 2 nitrogen and oxygen atoms in total. The molecule has 1 aromatic carbocycles. The number of nitrogens with zero attached hydrogens (tertiary/aromatic N) is 1. The smallest absolute Gasteiger partial charge is 0.0243 e. The molecule has 2 heterocycles. The van der Waals surface area contributed by atoms with Crippen LogP contribution in [0.2, 0.25) is 0 Å². The van der Waals surface area contributed by atoms with Crippen molar-refractivity contribution in [2.45, 2.75) is 38.9 Å². The first-order valence-electron chi connectivity index (χ1n) is 6.84. The predicted octanol–water partition coefficient (Wildman–Crippen LogP) is 2.39. The van der Waals surface area contributed by atoms with Crippen molar-refractivity contribution in [2.75, 3.05) is 13.1 Å². The van der Waals surface area contributed by atoms with E-state index in [2.05, 4.69) is 41.4 Å². The Morgan fingerprint density at radius 2 is 2.00 bits per heavy atom. The van der Waals surface area contributed by atoms with Crippen LogP contribution >= 0.6 is 0 Å². The fourth-order valence-electron chi connectivity index (χ4n) is 3.22. The number of fused-ring (bicyclic) bond motifs is 1. The highest BCUT2D eigenvalue weighted by Gasteiger charge is 2.25. The molecule has 2 heteroatoms. The summed E-state index contributed by atoms with van der Waals surface area (Å²) in [6, 6.07) is 9.59. The highest BCUT2D eigenvalue weighted by molar-refractivity contribution is 5.30. The van der Waals surface area contributed by atoms with Crippen molar-refractivity contribution in [2.24, 2.45) is 5.92 Å². The van der Waals surface area contributed by atoms with Crippen molar-refractivity contribution < 1.29 is 0 Å². The summed E-state index contributed by atoms with van der Waals surface area (Å²) in [4.78, 5) is 2.63. The third-order valence-corrected chi connectivity index (χ3v) is 4.33. The summed E-state index contributed by atoms with van der Waals surface area (Å²) in [6.45, 7) is 7.14. The van der Waals surface area contributed by atoms with Gasteiger partial charge < -0.3 is 5.32 Å². The SMILES string of the molecule is CC(CC1CCNC1)N1Cc2ccccc2C1. The lowest BCUT2D eigenvalue weighted by molar-refractivity contribution is 0.185. The number of hydrogen-bond donors (Lipinski definition) is 1. The van der Waals surface area contributed by atoms with Gasteiger partial charge in [0.2, 0.25) is 0 Å². The Morgan fingerprint density at radius 1 is 1.29 bits per heavy atom. The first-order valence-corrected chi connectivity index (χ1v) is 6.84. The highest BCUT2D eigenvalue weighted by Crippen LogP contribution is 2.27. The van der Waals surface area contributed by atoms with Crippen LogP contribution in [0.5, 0.6) is 0 Å². The van der Waals surface area contributed by atoms with Gasteiger partial charge in [-0.1, -0.05) is 24.3 Å². The standard InChI is InChI=1S/C15H22N2/c1-12(8-13-6-7-16-9-13)17-10-14-4-2-3-5-15(14)11-17/h2-5,12-13,16H,6-11H2,1H3. The molecule has 1 saturated heterocycles. The molecule has 2 aliphatic heterocycles. The van der Waals surface area contributed by atoms with Crippen LogP contribution in [0.3, 0.4) is 0 Å². The molecule has 0 aliphatic carbocycles. The van der Waals surface area contributed by atoms with E-state index in [9.17, 15) is 0 Å². The molecular weight excluding hydrogens is 208 g/mol. The van der Waals surface area contributed by atoms with E-state index in [-0.39, 0.29) is 0 Å². The molecule has 0 saturated carbocycles. The van der Waals surface area contributed by atoms with Crippen LogP contribution in [0.4, 0.5) is 0 Å². The van der Waals surface area contributed by atoms with Crippen molar-refractivity contribution in [3.63, 3.8) is 0 Å². The third-order valence-electron chi connectivity index (χ3n) is 4.33. The number of hydrogen-bond acceptors (Lipinski definition) is 2. The summed E-state index contributed by atoms with van der Waals surface area (Å²) < 4.78 is 0. The first kappa shape index (κ1) is 11.2. The van der Waals surface area contributed by atoms with Gasteiger partial charge in [0.15, 0.2) is 0 Å². The van der Waals surface area contributed by atoms with Crippen molar-refractivity contribution in [3.05, 3.63) is 35.4 Å². The van der Waals surface area contributed by atoms with E-state index in [4.69, 9.17) is 0 Å². The Balaban J connectivity index is 1.60. The van der Waals surface area contributed by atoms with Crippen LogP contribution < -0.4 is 5.32 Å². The molecule has 92 valence electrons. The third kappa shape index (κ3) is 2.38. The van der Waals surface area contributed by atoms with Crippen LogP contribution in [0.1, 0.15) is 30.9 Å². The summed E-state index contributed by atoms with van der Waals surface area (Å²) in [6.07, 6.45) is 2.71. The topological polar surface area (TPSA) is 15.3 Å². The second-order valence-electron chi connectivity index (χ2n) is 5.62. The average Bonchev–Trinajstić information content (AvgIpc) is 2.96. The van der Waals surface area contributed by atoms with Crippen molar-refractivity contribution in [1.29, 1.82) is 0 Å². The molecule has 0 amide bonds. The summed E-state index contributed by atoms with van der Waals surface area (Å²) in [5.74, 6) is 0.897. The Morgan fingerprint density at radius 3 is 2.59 bits per heavy atom. The Hall–Kier alpha value is -0.860. The van der Waals surface area contributed by atoms with E-state index in [0.29, 0.717) is 6.04 Å². The zero-order valence-corrected chi connectivity index (χ0v) is 10.7. The number of benzene rings is 1. The molecule has 17 heavy (non-hydrogen) atoms. The van der Waals surface area contributed by atoms with E-state index in [1.54, 1.807) is 0 Å². The summed E-state index contributed by atoms with van der Waals surface area (Å²) >= 11 is 0. The van der Waals surface area contributed by atoms with Gasteiger partial charge in [-0.2, -0.15) is 0 Å². The van der Waals surface area contributed by atoms with E-state index >= 15 is 0 Å². The van der Waals surface area contributed by atoms with Crippen LogP contribution in [-0.4, -0.2) is 24.0 Å². The fourth-order valence-corrected chi connectivity index (χ4v) is 3.22. The predicted molar refractivity (Wildman–Crippen MR) is 70.7 cm³/mol. The number of rotatable bonds is 3. The minimum absolute atomic E-state index is 0.715. The Bertz CT molecular complexity index is 357. The maximum atomic E-state index is 3.47. The Kier molecular flexibility index (Phi) is 3.17. The van der Waals surface area contributed by atoms with Crippen LogP contribution in [0.15, 0.2) is 24.3 Å². The molecule has 0 radical (unpaired) electrons. The van der Waals surface area contributed by atoms with Crippen molar-refractivity contribution in [1.82, 2.24) is 10.2 Å². The molecule has 1 N–H and O–H groups in total. The second kappa shape index (κ2) is 4.79. The minimum Gasteiger partial charge on any atom is -0.316 e. The monoisotopic (exact) mass is 230 g/mol. The molecule has 0 bridgehead atoms. The molecular formula is C15H22N2. The molecule has 1 fully saturated rings. The first-order chi connectivity index (χ1) is 8.33. The summed E-state index contributed by atoms with van der Waals surface area (Å²) in [5.41, 5.74) is 3.06. The van der Waals surface area contributed by atoms with Gasteiger partial charge in [-0.05, 0) is 49.9 Å². The zero-order valence-electron chi connectivity index (χ0n) is 10.7. The maximum absolute atomic E-state index is 3.47. The van der Waals surface area contributed by atoms with Crippen LogP contribution in [0, 0.1) is 5.92 Å². The van der Waals surface area contributed by atoms with Crippen LogP contribution in [-0.2, 0) is 13.1 Å². The molecule has 2 atom stereocenters. The fraction of sp³-hybridized carbons (Fsp3) is 0.600. The van der Waals surface area contributed by atoms with Crippen LogP contribution in [0.25, 0.3) is 0 Å². The highest BCUT2D eigenvalue weighted by atomic mass is 15.2. The van der Waals surface area contributed by atoms with Crippen molar-refractivity contribution in [3.8, 4) is 0 Å². The lowest BCUT2D eigenvalue weighted by Crippen LogP contribution is -2.30. The maximum Gasteiger partial charge on any atom is 0.0243 e. The largest absolute Gasteiger partial charge is 0.316 e. The van der Waals surface area contributed by atoms with E-state index in [0.717, 1.165) is 19.0 Å². The van der Waals surface area contributed by atoms with Crippen molar-refractivity contribution >= 4 is 0 Å². The summed E-state index contributed by atoms with van der Waals surface area (Å²) in [7, 11) is 0. The van der Waals surface area contributed by atoms with Gasteiger partial charge in [0.05, 0.1) is 0 Å². The average molecular weight is 230 g/mol. The molecule has 2 aliphatic rings. The van der Waals surface area contributed by atoms with Gasteiger partial charge >= 0.3 is 0 Å². The van der Waals surface area contributed by atoms with Gasteiger partial charge in [0.25, 0.3) is 0 Å². The molecule has 0 aromatic heterocycles. The normalized spacial score (nSPS) is 26.1. The van der Waals surface area contributed by atoms with Gasteiger partial charge in [-0.15, -0.1) is 0 Å². The second-order valence-corrected chi connectivity index (χ2v) is 5.62. The van der Waals surface area contributed by atoms with Gasteiger partial charge in [0.1, 0.15) is 0 Å². The van der Waals surface area contributed by atoms with E-state index in [1.807, 2.05) is 0 Å². The molecule has 2 unspecified atom stereocenters. The molecule has 1 aromatic rings. The van der Waals surface area contributed by atoms with Gasteiger partial charge in [-0.25, -0.2) is 0 Å². The van der Waals surface area contributed by atoms with E-state index in [1.165, 1.54) is 37.1 Å². The van der Waals surface area contributed by atoms with Gasteiger partial charge in [0, 0.05) is 19.1 Å². The Labute approximate surface area is 104 Å². The summed E-state index contributed by atoms with van der Waals surface area (Å²) in [5, 5.41) is 3.47. The zero-order chi connectivity index (χ0) is 11.7. The van der Waals surface area contributed by atoms with E-state index < -0.39 is 0 Å². The lowest BCUT2D eigenvalue weighted by Gasteiger charge is -2.26.